The zero-order valence-electron chi connectivity index (χ0n) is 9.34. The van der Waals surface area contributed by atoms with Crippen molar-refractivity contribution < 1.29 is 0 Å². The summed E-state index contributed by atoms with van der Waals surface area (Å²) in [4.78, 5) is 5.47. The molecule has 0 unspecified atom stereocenters. The molecule has 0 aliphatic rings. The summed E-state index contributed by atoms with van der Waals surface area (Å²) in [7, 11) is 1.91. The van der Waals surface area contributed by atoms with Crippen molar-refractivity contribution in [2.75, 3.05) is 11.6 Å². The fraction of sp³-hybridized carbons (Fsp3) is 0.273. The van der Waals surface area contributed by atoms with E-state index in [9.17, 15) is 0 Å². The third-order valence-electron chi connectivity index (χ3n) is 2.19. The van der Waals surface area contributed by atoms with Crippen LogP contribution in [-0.2, 0) is 13.6 Å². The lowest BCUT2D eigenvalue weighted by molar-refractivity contribution is 0.747. The minimum atomic E-state index is 0.701. The van der Waals surface area contributed by atoms with Gasteiger partial charge < -0.3 is 5.32 Å². The first-order valence-corrected chi connectivity index (χ1v) is 6.23. The van der Waals surface area contributed by atoms with E-state index >= 15 is 0 Å². The summed E-state index contributed by atoms with van der Waals surface area (Å²) in [5.74, 6) is 0.878. The molecule has 0 aliphatic heterocycles. The van der Waals surface area contributed by atoms with Crippen molar-refractivity contribution in [3.63, 3.8) is 0 Å². The smallest absolute Gasteiger partial charge is 0.126 e. The van der Waals surface area contributed by atoms with Gasteiger partial charge in [0.2, 0.25) is 0 Å². The van der Waals surface area contributed by atoms with E-state index in [2.05, 4.69) is 21.5 Å². The van der Waals surface area contributed by atoms with Gasteiger partial charge >= 0.3 is 0 Å². The lowest BCUT2D eigenvalue weighted by Gasteiger charge is -2.03. The molecule has 4 nitrogen and oxygen atoms in total. The maximum Gasteiger partial charge on any atom is 0.126 e. The largest absolute Gasteiger partial charge is 0.364 e. The van der Waals surface area contributed by atoms with Gasteiger partial charge in [0.25, 0.3) is 0 Å². The van der Waals surface area contributed by atoms with Gasteiger partial charge in [0.05, 0.1) is 12.2 Å². The maximum atomic E-state index is 4.30. The summed E-state index contributed by atoms with van der Waals surface area (Å²) in [5.41, 5.74) is 1.01. The summed E-state index contributed by atoms with van der Waals surface area (Å²) in [6, 6.07) is 6.02. The van der Waals surface area contributed by atoms with Crippen LogP contribution in [0, 0.1) is 0 Å². The van der Waals surface area contributed by atoms with Crippen LogP contribution >= 0.6 is 11.8 Å². The average Bonchev–Trinajstić information content (AvgIpc) is 2.73. The van der Waals surface area contributed by atoms with Crippen LogP contribution in [0.15, 0.2) is 35.5 Å². The normalized spacial score (nSPS) is 10.4. The van der Waals surface area contributed by atoms with Gasteiger partial charge in [-0.25, -0.2) is 4.98 Å². The van der Waals surface area contributed by atoms with Crippen molar-refractivity contribution in [3.8, 4) is 0 Å². The quantitative estimate of drug-likeness (QED) is 0.823. The van der Waals surface area contributed by atoms with E-state index in [1.165, 1.54) is 4.90 Å². The molecule has 0 fully saturated rings. The summed E-state index contributed by atoms with van der Waals surface area (Å²) >= 11 is 1.69. The number of pyridine rings is 1. The second-order valence-corrected chi connectivity index (χ2v) is 4.30. The van der Waals surface area contributed by atoms with E-state index in [0.717, 1.165) is 11.5 Å². The van der Waals surface area contributed by atoms with Crippen LogP contribution in [0.1, 0.15) is 5.69 Å². The molecule has 16 heavy (non-hydrogen) atoms. The molecular formula is C11H14N4S. The Bertz CT molecular complexity index is 449. The summed E-state index contributed by atoms with van der Waals surface area (Å²) in [5, 5.41) is 7.51. The Hall–Kier alpha value is -1.49. The Morgan fingerprint density at radius 1 is 1.38 bits per heavy atom. The highest BCUT2D eigenvalue weighted by atomic mass is 32.2. The number of hydrogen-bond donors (Lipinski definition) is 1. The second-order valence-electron chi connectivity index (χ2n) is 3.42. The number of hydrogen-bond acceptors (Lipinski definition) is 4. The molecule has 0 atom stereocenters. The molecule has 0 saturated carbocycles. The van der Waals surface area contributed by atoms with Gasteiger partial charge in [0.1, 0.15) is 5.82 Å². The minimum Gasteiger partial charge on any atom is -0.364 e. The Morgan fingerprint density at radius 2 is 2.25 bits per heavy atom. The predicted molar refractivity (Wildman–Crippen MR) is 66.6 cm³/mol. The third kappa shape index (κ3) is 2.76. The molecule has 0 aliphatic carbocycles. The van der Waals surface area contributed by atoms with Crippen molar-refractivity contribution in [1.82, 2.24) is 14.8 Å². The summed E-state index contributed by atoms with van der Waals surface area (Å²) < 4.78 is 1.79. The predicted octanol–water partition coefficient (Wildman–Crippen LogP) is 2.15. The first-order chi connectivity index (χ1) is 7.78. The molecule has 0 spiro atoms. The van der Waals surface area contributed by atoms with Crippen molar-refractivity contribution in [2.24, 2.45) is 7.05 Å². The Morgan fingerprint density at radius 3 is 2.81 bits per heavy atom. The molecule has 2 rings (SSSR count). The minimum absolute atomic E-state index is 0.701. The lowest BCUT2D eigenvalue weighted by atomic mass is 10.4. The van der Waals surface area contributed by atoms with E-state index < -0.39 is 0 Å². The fourth-order valence-electron chi connectivity index (χ4n) is 1.34. The third-order valence-corrected chi connectivity index (χ3v) is 2.90. The molecule has 0 amide bonds. The highest BCUT2D eigenvalue weighted by Gasteiger charge is 1.98. The van der Waals surface area contributed by atoms with E-state index in [1.54, 1.807) is 16.4 Å². The highest BCUT2D eigenvalue weighted by Crippen LogP contribution is 2.14. The number of nitrogens with zero attached hydrogens (tertiary/aromatic N) is 3. The number of aromatic nitrogens is 3. The van der Waals surface area contributed by atoms with Crippen LogP contribution in [0.25, 0.3) is 0 Å². The number of aryl methyl sites for hydroxylation is 1. The first kappa shape index (κ1) is 11.0. The maximum absolute atomic E-state index is 4.30. The monoisotopic (exact) mass is 234 g/mol. The van der Waals surface area contributed by atoms with E-state index in [0.29, 0.717) is 6.54 Å². The molecule has 5 heteroatoms. The highest BCUT2D eigenvalue weighted by molar-refractivity contribution is 7.98. The van der Waals surface area contributed by atoms with E-state index in [4.69, 9.17) is 0 Å². The molecule has 1 N–H and O–H groups in total. The second kappa shape index (κ2) is 5.03. The fourth-order valence-corrected chi connectivity index (χ4v) is 1.71. The van der Waals surface area contributed by atoms with Crippen LogP contribution in [0.2, 0.25) is 0 Å². The molecule has 0 bridgehead atoms. The summed E-state index contributed by atoms with van der Waals surface area (Å²) in [6.07, 6.45) is 5.84. The van der Waals surface area contributed by atoms with Gasteiger partial charge in [-0.05, 0) is 24.5 Å². The number of rotatable bonds is 4. The van der Waals surface area contributed by atoms with Gasteiger partial charge in [0.15, 0.2) is 0 Å². The number of thioether (sulfide) groups is 1. The molecule has 2 aromatic heterocycles. The molecular weight excluding hydrogens is 220 g/mol. The Kier molecular flexibility index (Phi) is 3.46. The summed E-state index contributed by atoms with van der Waals surface area (Å²) in [6.45, 7) is 0.701. The molecule has 2 heterocycles. The van der Waals surface area contributed by atoms with Gasteiger partial charge in [-0.3, -0.25) is 4.68 Å². The molecule has 0 saturated heterocycles. The molecule has 2 aromatic rings. The SMILES string of the molecule is CSc1ccc(NCc2ccn(C)n2)nc1. The van der Waals surface area contributed by atoms with Gasteiger partial charge in [0, 0.05) is 24.3 Å². The molecule has 0 radical (unpaired) electrons. The van der Waals surface area contributed by atoms with Crippen LogP contribution in [0.5, 0.6) is 0 Å². The van der Waals surface area contributed by atoms with Crippen molar-refractivity contribution in [3.05, 3.63) is 36.3 Å². The van der Waals surface area contributed by atoms with Gasteiger partial charge in [-0.1, -0.05) is 0 Å². The molecule has 0 aromatic carbocycles. The Labute approximate surface area is 99.1 Å². The van der Waals surface area contributed by atoms with Crippen LogP contribution in [-0.4, -0.2) is 21.0 Å². The standard InChI is InChI=1S/C11H14N4S/c1-15-6-5-9(14-15)7-12-11-4-3-10(16-2)8-13-11/h3-6,8H,7H2,1-2H3,(H,12,13). The van der Waals surface area contributed by atoms with Crippen molar-refractivity contribution >= 4 is 17.6 Å². The van der Waals surface area contributed by atoms with Crippen molar-refractivity contribution in [2.45, 2.75) is 11.4 Å². The topological polar surface area (TPSA) is 42.7 Å². The average molecular weight is 234 g/mol. The first-order valence-electron chi connectivity index (χ1n) is 5.00. The zero-order valence-corrected chi connectivity index (χ0v) is 10.2. The van der Waals surface area contributed by atoms with Gasteiger partial charge in [-0.2, -0.15) is 5.10 Å². The lowest BCUT2D eigenvalue weighted by Crippen LogP contribution is -2.02. The van der Waals surface area contributed by atoms with Crippen LogP contribution in [0.3, 0.4) is 0 Å². The Balaban J connectivity index is 1.94. The number of anilines is 1. The van der Waals surface area contributed by atoms with Gasteiger partial charge in [-0.15, -0.1) is 11.8 Å². The van der Waals surface area contributed by atoms with E-state index in [-0.39, 0.29) is 0 Å². The van der Waals surface area contributed by atoms with Crippen molar-refractivity contribution in [1.29, 1.82) is 0 Å². The zero-order chi connectivity index (χ0) is 11.4. The van der Waals surface area contributed by atoms with Crippen LogP contribution in [0.4, 0.5) is 5.82 Å². The molecule has 84 valence electrons. The number of nitrogens with one attached hydrogen (secondary N) is 1. The van der Waals surface area contributed by atoms with Crippen LogP contribution < -0.4 is 5.32 Å². The van der Waals surface area contributed by atoms with E-state index in [1.807, 2.05) is 37.8 Å².